The van der Waals surface area contributed by atoms with Crippen LogP contribution in [0.5, 0.6) is 0 Å². The van der Waals surface area contributed by atoms with E-state index in [4.69, 9.17) is 0 Å². The quantitative estimate of drug-likeness (QED) is 0.570. The van der Waals surface area contributed by atoms with Crippen molar-refractivity contribution in [1.82, 2.24) is 15.3 Å². The van der Waals surface area contributed by atoms with Gasteiger partial charge in [-0.1, -0.05) is 44.0 Å². The van der Waals surface area contributed by atoms with Gasteiger partial charge in [0.15, 0.2) is 5.16 Å². The van der Waals surface area contributed by atoms with E-state index in [1.54, 1.807) is 0 Å². The predicted octanol–water partition coefficient (Wildman–Crippen LogP) is 4.05. The molecule has 5 heteroatoms. The number of nitrogens with one attached hydrogen (secondary N) is 2. The Morgan fingerprint density at radius 2 is 2.23 bits per heavy atom. The molecule has 1 heterocycles. The highest BCUT2D eigenvalue weighted by molar-refractivity contribution is 7.99. The van der Waals surface area contributed by atoms with Gasteiger partial charge in [-0.25, -0.2) is 4.98 Å². The zero-order chi connectivity index (χ0) is 15.9. The minimum absolute atomic E-state index is 0.0747. The Morgan fingerprint density at radius 3 is 3.00 bits per heavy atom. The van der Waals surface area contributed by atoms with Crippen LogP contribution in [0.4, 0.5) is 0 Å². The van der Waals surface area contributed by atoms with E-state index in [1.807, 2.05) is 12.1 Å². The van der Waals surface area contributed by atoms with Crippen molar-refractivity contribution in [3.8, 4) is 0 Å². The van der Waals surface area contributed by atoms with Gasteiger partial charge in [0.2, 0.25) is 5.91 Å². The summed E-state index contributed by atoms with van der Waals surface area (Å²) in [6, 6.07) is 6.36. The first-order chi connectivity index (χ1) is 10.6. The van der Waals surface area contributed by atoms with Crippen LogP contribution >= 0.6 is 11.8 Å². The molecule has 0 aliphatic heterocycles. The molecule has 1 amide bonds. The zero-order valence-electron chi connectivity index (χ0n) is 13.6. The molecule has 0 spiro atoms. The van der Waals surface area contributed by atoms with Crippen LogP contribution in [-0.4, -0.2) is 27.7 Å². The van der Waals surface area contributed by atoms with Gasteiger partial charge in [0, 0.05) is 6.04 Å². The van der Waals surface area contributed by atoms with Crippen LogP contribution in [0.25, 0.3) is 11.0 Å². The van der Waals surface area contributed by atoms with E-state index >= 15 is 0 Å². The van der Waals surface area contributed by atoms with E-state index in [0.717, 1.165) is 22.6 Å². The number of carbonyl (C=O) groups excluding carboxylic acids is 1. The monoisotopic (exact) mass is 319 g/mol. The molecule has 0 saturated carbocycles. The summed E-state index contributed by atoms with van der Waals surface area (Å²) in [5.74, 6) is 0.474. The van der Waals surface area contributed by atoms with Crippen LogP contribution in [-0.2, 0) is 4.79 Å². The Balaban J connectivity index is 1.79. The van der Waals surface area contributed by atoms with Crippen molar-refractivity contribution in [1.29, 1.82) is 0 Å². The van der Waals surface area contributed by atoms with Crippen molar-refractivity contribution >= 4 is 28.7 Å². The van der Waals surface area contributed by atoms with Gasteiger partial charge in [-0.15, -0.1) is 0 Å². The summed E-state index contributed by atoms with van der Waals surface area (Å²) >= 11 is 1.45. The smallest absolute Gasteiger partial charge is 0.230 e. The number of H-pyrrole nitrogens is 1. The Hall–Kier alpha value is -1.49. The third kappa shape index (κ3) is 5.05. The van der Waals surface area contributed by atoms with Crippen molar-refractivity contribution in [2.24, 2.45) is 0 Å². The van der Waals surface area contributed by atoms with Crippen LogP contribution in [0.15, 0.2) is 23.4 Å². The number of imidazole rings is 1. The van der Waals surface area contributed by atoms with Gasteiger partial charge in [0.25, 0.3) is 0 Å². The van der Waals surface area contributed by atoms with Crippen molar-refractivity contribution in [2.75, 3.05) is 5.75 Å². The Kier molecular flexibility index (Phi) is 6.31. The molecule has 4 nitrogen and oxygen atoms in total. The van der Waals surface area contributed by atoms with Crippen molar-refractivity contribution in [3.05, 3.63) is 23.8 Å². The highest BCUT2D eigenvalue weighted by Gasteiger charge is 2.10. The van der Waals surface area contributed by atoms with Crippen LogP contribution in [0.3, 0.4) is 0 Å². The summed E-state index contributed by atoms with van der Waals surface area (Å²) in [4.78, 5) is 19.7. The molecule has 0 aliphatic carbocycles. The fraction of sp³-hybridized carbons (Fsp3) is 0.529. The summed E-state index contributed by atoms with van der Waals surface area (Å²) in [5, 5.41) is 3.85. The molecule has 1 aromatic heterocycles. The molecule has 1 unspecified atom stereocenters. The molecular weight excluding hydrogens is 294 g/mol. The minimum atomic E-state index is 0.0747. The maximum Gasteiger partial charge on any atom is 0.230 e. The van der Waals surface area contributed by atoms with Gasteiger partial charge in [-0.3, -0.25) is 4.79 Å². The predicted molar refractivity (Wildman–Crippen MR) is 93.3 cm³/mol. The molecule has 0 bridgehead atoms. The molecule has 120 valence electrons. The first-order valence-electron chi connectivity index (χ1n) is 7.97. The summed E-state index contributed by atoms with van der Waals surface area (Å²) in [7, 11) is 0. The number of hydrogen-bond donors (Lipinski definition) is 2. The normalized spacial score (nSPS) is 12.5. The Labute approximate surface area is 136 Å². The lowest BCUT2D eigenvalue weighted by Gasteiger charge is -2.12. The molecule has 2 N–H and O–H groups in total. The molecule has 2 aromatic rings. The number of rotatable bonds is 8. The number of nitrogens with zero attached hydrogens (tertiary/aromatic N) is 1. The average Bonchev–Trinajstić information content (AvgIpc) is 2.87. The lowest BCUT2D eigenvalue weighted by Crippen LogP contribution is -2.33. The van der Waals surface area contributed by atoms with Gasteiger partial charge in [-0.2, -0.15) is 0 Å². The van der Waals surface area contributed by atoms with Gasteiger partial charge in [0.1, 0.15) is 0 Å². The molecule has 0 fully saturated rings. The second-order valence-corrected chi connectivity index (χ2v) is 6.78. The number of amides is 1. The second-order valence-electron chi connectivity index (χ2n) is 5.82. The standard InChI is InChI=1S/C17H25N3OS/c1-4-5-6-7-13(3)18-16(21)11-22-17-19-14-9-8-12(2)10-15(14)20-17/h8-10,13H,4-7,11H2,1-3H3,(H,18,21)(H,19,20). The number of aromatic nitrogens is 2. The van der Waals surface area contributed by atoms with Gasteiger partial charge < -0.3 is 10.3 Å². The molecule has 2 rings (SSSR count). The SMILES string of the molecule is CCCCCC(C)NC(=O)CSc1nc2ccc(C)cc2[nH]1. The summed E-state index contributed by atoms with van der Waals surface area (Å²) in [6.07, 6.45) is 4.66. The van der Waals surface area contributed by atoms with E-state index in [2.05, 4.69) is 42.1 Å². The van der Waals surface area contributed by atoms with E-state index in [9.17, 15) is 4.79 Å². The fourth-order valence-corrected chi connectivity index (χ4v) is 3.09. The highest BCUT2D eigenvalue weighted by Crippen LogP contribution is 2.20. The Morgan fingerprint density at radius 1 is 1.41 bits per heavy atom. The minimum Gasteiger partial charge on any atom is -0.353 e. The van der Waals surface area contributed by atoms with Crippen molar-refractivity contribution in [2.45, 2.75) is 57.7 Å². The van der Waals surface area contributed by atoms with Crippen LogP contribution < -0.4 is 5.32 Å². The summed E-state index contributed by atoms with van der Waals surface area (Å²) < 4.78 is 0. The van der Waals surface area contributed by atoms with Crippen LogP contribution in [0.2, 0.25) is 0 Å². The van der Waals surface area contributed by atoms with Crippen LogP contribution in [0, 0.1) is 6.92 Å². The molecule has 1 atom stereocenters. The Bertz CT molecular complexity index is 623. The molecule has 0 radical (unpaired) electrons. The number of thioether (sulfide) groups is 1. The maximum atomic E-state index is 12.0. The van der Waals surface area contributed by atoms with Crippen molar-refractivity contribution in [3.63, 3.8) is 0 Å². The molecule has 22 heavy (non-hydrogen) atoms. The average molecular weight is 319 g/mol. The number of aryl methyl sites for hydroxylation is 1. The number of benzene rings is 1. The lowest BCUT2D eigenvalue weighted by atomic mass is 10.1. The number of aromatic amines is 1. The maximum absolute atomic E-state index is 12.0. The largest absolute Gasteiger partial charge is 0.353 e. The van der Waals surface area contributed by atoms with Crippen molar-refractivity contribution < 1.29 is 4.79 Å². The summed E-state index contributed by atoms with van der Waals surface area (Å²) in [6.45, 7) is 6.32. The lowest BCUT2D eigenvalue weighted by molar-refractivity contribution is -0.119. The third-order valence-corrected chi connectivity index (χ3v) is 4.48. The van der Waals surface area contributed by atoms with Gasteiger partial charge >= 0.3 is 0 Å². The first-order valence-corrected chi connectivity index (χ1v) is 8.95. The molecule has 0 saturated heterocycles. The van der Waals surface area contributed by atoms with Gasteiger partial charge in [0.05, 0.1) is 16.8 Å². The number of unbranched alkanes of at least 4 members (excludes halogenated alkanes) is 2. The van der Waals surface area contributed by atoms with Crippen LogP contribution in [0.1, 0.15) is 45.1 Å². The molecule has 0 aliphatic rings. The van der Waals surface area contributed by atoms with E-state index < -0.39 is 0 Å². The highest BCUT2D eigenvalue weighted by atomic mass is 32.2. The van der Waals surface area contributed by atoms with E-state index in [-0.39, 0.29) is 11.9 Å². The fourth-order valence-electron chi connectivity index (χ4n) is 2.39. The third-order valence-electron chi connectivity index (χ3n) is 3.60. The number of carbonyl (C=O) groups is 1. The molecular formula is C17H25N3OS. The van der Waals surface area contributed by atoms with E-state index in [0.29, 0.717) is 5.75 Å². The zero-order valence-corrected chi connectivity index (χ0v) is 14.4. The second kappa shape index (κ2) is 8.22. The molecule has 1 aromatic carbocycles. The number of fused-ring (bicyclic) bond motifs is 1. The van der Waals surface area contributed by atoms with E-state index in [1.165, 1.54) is 36.6 Å². The topological polar surface area (TPSA) is 57.8 Å². The first kappa shape index (κ1) is 16.9. The number of hydrogen-bond acceptors (Lipinski definition) is 3. The summed E-state index contributed by atoms with van der Waals surface area (Å²) in [5.41, 5.74) is 3.17. The van der Waals surface area contributed by atoms with Gasteiger partial charge in [-0.05, 0) is 38.0 Å².